The summed E-state index contributed by atoms with van der Waals surface area (Å²) >= 11 is 1.71. The number of hydrazone groups is 1. The Bertz CT molecular complexity index is 671. The predicted molar refractivity (Wildman–Crippen MR) is 114 cm³/mol. The number of urea groups is 2. The van der Waals surface area contributed by atoms with Crippen molar-refractivity contribution < 1.29 is 19.2 Å². The van der Waals surface area contributed by atoms with E-state index >= 15 is 0 Å². The fourth-order valence-corrected chi connectivity index (χ4v) is 3.18. The molecule has 0 aromatic rings. The fraction of sp³-hybridized carbons (Fsp3) is 0.533. The van der Waals surface area contributed by atoms with Gasteiger partial charge in [-0.05, 0) is 29.9 Å². The van der Waals surface area contributed by atoms with E-state index in [2.05, 4.69) is 37.2 Å². The van der Waals surface area contributed by atoms with E-state index in [9.17, 15) is 19.2 Å². The van der Waals surface area contributed by atoms with Gasteiger partial charge in [0.25, 0.3) is 0 Å². The number of nitrogens with one attached hydrogen (secondary N) is 6. The molecule has 0 aliphatic carbocycles. The van der Waals surface area contributed by atoms with Gasteiger partial charge in [-0.1, -0.05) is 13.3 Å². The number of thioether (sulfide) groups is 2. The molecule has 0 saturated carbocycles. The first-order valence-electron chi connectivity index (χ1n) is 8.81. The van der Waals surface area contributed by atoms with Crippen LogP contribution >= 0.6 is 23.5 Å². The second-order valence-corrected chi connectivity index (χ2v) is 7.62. The molecule has 1 heterocycles. The minimum absolute atomic E-state index is 0.165. The quantitative estimate of drug-likeness (QED) is 0.260. The van der Waals surface area contributed by atoms with Crippen molar-refractivity contribution in [2.24, 2.45) is 5.10 Å². The lowest BCUT2D eigenvalue weighted by atomic mass is 10.3. The molecule has 1 aliphatic heterocycles. The van der Waals surface area contributed by atoms with Crippen LogP contribution in [0.2, 0.25) is 0 Å². The van der Waals surface area contributed by atoms with E-state index in [1.165, 1.54) is 19.3 Å². The summed E-state index contributed by atoms with van der Waals surface area (Å²) in [4.78, 5) is 46.5. The van der Waals surface area contributed by atoms with Crippen LogP contribution in [0.1, 0.15) is 19.8 Å². The maximum Gasteiger partial charge on any atom is 0.314 e. The summed E-state index contributed by atoms with van der Waals surface area (Å²) in [5.74, 6) is 0. The number of carbonyl (C=O) groups is 4. The zero-order valence-corrected chi connectivity index (χ0v) is 18.1. The van der Waals surface area contributed by atoms with E-state index in [1.807, 2.05) is 6.92 Å². The van der Waals surface area contributed by atoms with Crippen LogP contribution in [0.15, 0.2) is 16.2 Å². The molecule has 0 unspecified atom stereocenters. The molecule has 6 N–H and O–H groups in total. The van der Waals surface area contributed by atoms with Crippen LogP contribution in [-0.2, 0) is 9.59 Å². The van der Waals surface area contributed by atoms with E-state index in [-0.39, 0.29) is 23.3 Å². The average Bonchev–Trinajstić information content (AvgIpc) is 2.70. The third-order valence-corrected chi connectivity index (χ3v) is 4.73. The van der Waals surface area contributed by atoms with Crippen molar-refractivity contribution in [2.45, 2.75) is 19.8 Å². The minimum atomic E-state index is -0.463. The topological polar surface area (TPSA) is 156 Å². The number of hydrogen-bond acceptors (Lipinski definition) is 10. The maximum absolute atomic E-state index is 12.1. The Labute approximate surface area is 177 Å². The summed E-state index contributed by atoms with van der Waals surface area (Å²) in [5, 5.41) is 15.3. The average molecular weight is 447 g/mol. The third-order valence-electron chi connectivity index (χ3n) is 3.14. The summed E-state index contributed by atoms with van der Waals surface area (Å²) in [5.41, 5.74) is 5.95. The lowest BCUT2D eigenvalue weighted by Crippen LogP contribution is -2.46. The second-order valence-electron chi connectivity index (χ2n) is 5.45. The SMILES string of the molecule is CCCCNN1N=C(SC(=O)CNC(=O)NC)C=C(SC(=O)CNC(=O)NC)N1. The van der Waals surface area contributed by atoms with E-state index < -0.39 is 12.1 Å². The molecule has 0 saturated heterocycles. The van der Waals surface area contributed by atoms with Gasteiger partial charge in [-0.15, -0.1) is 10.3 Å². The number of hydrogen-bond donors (Lipinski definition) is 6. The monoisotopic (exact) mass is 446 g/mol. The molecule has 0 spiro atoms. The zero-order valence-electron chi connectivity index (χ0n) is 16.5. The molecule has 1 aliphatic rings. The third kappa shape index (κ3) is 10.6. The van der Waals surface area contributed by atoms with Gasteiger partial charge in [0.15, 0.2) is 0 Å². The largest absolute Gasteiger partial charge is 0.341 e. The minimum Gasteiger partial charge on any atom is -0.341 e. The van der Waals surface area contributed by atoms with E-state index in [0.717, 1.165) is 36.4 Å². The highest BCUT2D eigenvalue weighted by Crippen LogP contribution is 2.20. The number of amides is 4. The molecular weight excluding hydrogens is 420 g/mol. The molecule has 0 aromatic carbocycles. The van der Waals surface area contributed by atoms with Gasteiger partial charge in [-0.3, -0.25) is 15.0 Å². The Balaban J connectivity index is 2.71. The summed E-state index contributed by atoms with van der Waals surface area (Å²) in [6, 6.07) is -0.922. The van der Waals surface area contributed by atoms with Gasteiger partial charge in [0.2, 0.25) is 10.2 Å². The Morgan fingerprint density at radius 1 is 1.03 bits per heavy atom. The van der Waals surface area contributed by atoms with Gasteiger partial charge >= 0.3 is 12.1 Å². The van der Waals surface area contributed by atoms with Gasteiger partial charge < -0.3 is 21.3 Å². The van der Waals surface area contributed by atoms with Crippen LogP contribution in [0.25, 0.3) is 0 Å². The van der Waals surface area contributed by atoms with E-state index in [1.54, 1.807) is 6.08 Å². The Hall–Kier alpha value is -2.45. The lowest BCUT2D eigenvalue weighted by Gasteiger charge is -2.26. The molecule has 12 nitrogen and oxygen atoms in total. The highest BCUT2D eigenvalue weighted by atomic mass is 32.2. The van der Waals surface area contributed by atoms with Gasteiger partial charge in [0, 0.05) is 26.7 Å². The highest BCUT2D eigenvalue weighted by Gasteiger charge is 2.19. The molecule has 4 amide bonds. The normalized spacial score (nSPS) is 12.9. The molecule has 29 heavy (non-hydrogen) atoms. The lowest BCUT2D eigenvalue weighted by molar-refractivity contribution is -0.110. The summed E-state index contributed by atoms with van der Waals surface area (Å²) in [6.07, 6.45) is 3.44. The van der Waals surface area contributed by atoms with Crippen molar-refractivity contribution in [3.05, 3.63) is 11.1 Å². The van der Waals surface area contributed by atoms with Crippen LogP contribution in [0, 0.1) is 0 Å². The number of hydrazine groups is 2. The highest BCUT2D eigenvalue weighted by molar-refractivity contribution is 8.26. The van der Waals surface area contributed by atoms with Gasteiger partial charge in [0.05, 0.1) is 13.1 Å². The standard InChI is InChI=1S/C15H26N8O4S2/c1-4-5-6-20-23-21-10(28-12(24)8-18-14(26)16-2)7-11(22-23)29-13(25)9-19-15(27)17-3/h7,20-21H,4-6,8-9H2,1-3H3,(H2,16,18,26)(H2,17,19,27). The van der Waals surface area contributed by atoms with Crippen molar-refractivity contribution in [1.82, 2.24) is 37.3 Å². The number of nitrogens with zero attached hydrogens (tertiary/aromatic N) is 2. The van der Waals surface area contributed by atoms with Gasteiger partial charge in [-0.25, -0.2) is 9.59 Å². The number of carbonyl (C=O) groups excluding carboxylic acids is 4. The Kier molecular flexibility index (Phi) is 11.6. The molecular formula is C15H26N8O4S2. The smallest absolute Gasteiger partial charge is 0.314 e. The Morgan fingerprint density at radius 2 is 1.62 bits per heavy atom. The first kappa shape index (κ1) is 24.6. The Morgan fingerprint density at radius 3 is 2.17 bits per heavy atom. The first-order chi connectivity index (χ1) is 13.9. The van der Waals surface area contributed by atoms with Crippen LogP contribution < -0.4 is 32.1 Å². The predicted octanol–water partition coefficient (Wildman–Crippen LogP) is -0.356. The molecule has 0 bridgehead atoms. The maximum atomic E-state index is 12.1. The van der Waals surface area contributed by atoms with E-state index in [4.69, 9.17) is 0 Å². The van der Waals surface area contributed by atoms with Crippen molar-refractivity contribution >= 4 is 50.9 Å². The van der Waals surface area contributed by atoms with Crippen molar-refractivity contribution in [2.75, 3.05) is 33.7 Å². The van der Waals surface area contributed by atoms with Crippen LogP contribution in [0.3, 0.4) is 0 Å². The van der Waals surface area contributed by atoms with Crippen LogP contribution in [0.5, 0.6) is 0 Å². The molecule has 0 fully saturated rings. The molecule has 162 valence electrons. The van der Waals surface area contributed by atoms with Crippen molar-refractivity contribution in [1.29, 1.82) is 0 Å². The summed E-state index contributed by atoms with van der Waals surface area (Å²) in [6.45, 7) is 2.35. The molecule has 0 radical (unpaired) electrons. The molecule has 14 heteroatoms. The molecule has 1 rings (SSSR count). The van der Waals surface area contributed by atoms with Crippen LogP contribution in [0.4, 0.5) is 9.59 Å². The molecule has 0 atom stereocenters. The van der Waals surface area contributed by atoms with E-state index in [0.29, 0.717) is 16.6 Å². The van der Waals surface area contributed by atoms with Gasteiger partial charge in [0.1, 0.15) is 10.1 Å². The van der Waals surface area contributed by atoms with Crippen molar-refractivity contribution in [3.8, 4) is 0 Å². The second kappa shape index (κ2) is 13.7. The fourth-order valence-electron chi connectivity index (χ4n) is 1.73. The number of unbranched alkanes of at least 4 members (excludes halogenated alkanes) is 1. The van der Waals surface area contributed by atoms with Gasteiger partial charge in [-0.2, -0.15) is 5.43 Å². The van der Waals surface area contributed by atoms with Crippen LogP contribution in [-0.4, -0.2) is 66.3 Å². The summed E-state index contributed by atoms with van der Waals surface area (Å²) in [7, 11) is 2.90. The number of rotatable bonds is 9. The zero-order chi connectivity index (χ0) is 21.6. The summed E-state index contributed by atoms with van der Waals surface area (Å²) < 4.78 is 0. The molecule has 0 aromatic heterocycles. The van der Waals surface area contributed by atoms with Crippen molar-refractivity contribution in [3.63, 3.8) is 0 Å². The first-order valence-corrected chi connectivity index (χ1v) is 10.4.